The quantitative estimate of drug-likeness (QED) is 0.888. The molecular formula is C15H19NOS. The number of anilines is 1. The van der Waals surface area contributed by atoms with Crippen molar-refractivity contribution in [3.8, 4) is 16.9 Å². The molecular weight excluding hydrogens is 242 g/mol. The number of nitrogens with two attached hydrogens (primary N) is 1. The minimum atomic E-state index is 0.200. The fourth-order valence-electron chi connectivity index (χ4n) is 1.98. The van der Waals surface area contributed by atoms with Gasteiger partial charge in [0.15, 0.2) is 0 Å². The Labute approximate surface area is 112 Å². The Morgan fingerprint density at radius 2 is 1.72 bits per heavy atom. The van der Waals surface area contributed by atoms with Crippen molar-refractivity contribution in [3.63, 3.8) is 0 Å². The van der Waals surface area contributed by atoms with Gasteiger partial charge in [0.05, 0.1) is 11.1 Å². The van der Waals surface area contributed by atoms with E-state index in [1.54, 1.807) is 11.3 Å². The molecule has 2 nitrogen and oxygen atoms in total. The maximum atomic E-state index is 6.08. The van der Waals surface area contributed by atoms with Gasteiger partial charge in [-0.25, -0.2) is 0 Å². The van der Waals surface area contributed by atoms with E-state index in [4.69, 9.17) is 10.5 Å². The Hall–Kier alpha value is -1.48. The molecule has 96 valence electrons. The minimum Gasteiger partial charge on any atom is -0.491 e. The molecule has 2 N–H and O–H groups in total. The normalized spacial score (nSPS) is 10.9. The fourth-order valence-corrected chi connectivity index (χ4v) is 2.94. The second-order valence-corrected chi connectivity index (χ2v) is 5.97. The Morgan fingerprint density at radius 3 is 2.17 bits per heavy atom. The van der Waals surface area contributed by atoms with Gasteiger partial charge in [-0.2, -0.15) is 0 Å². The number of nitrogen functional groups attached to an aromatic ring is 1. The van der Waals surface area contributed by atoms with Crippen molar-refractivity contribution in [2.45, 2.75) is 33.8 Å². The van der Waals surface area contributed by atoms with Gasteiger partial charge in [0.2, 0.25) is 0 Å². The Morgan fingerprint density at radius 1 is 1.11 bits per heavy atom. The van der Waals surface area contributed by atoms with E-state index in [1.807, 2.05) is 26.0 Å². The van der Waals surface area contributed by atoms with E-state index in [2.05, 4.69) is 26.0 Å². The smallest absolute Gasteiger partial charge is 0.119 e. The molecule has 2 aromatic rings. The summed E-state index contributed by atoms with van der Waals surface area (Å²) >= 11 is 1.65. The van der Waals surface area contributed by atoms with Crippen LogP contribution < -0.4 is 10.5 Å². The Bertz CT molecular complexity index is 540. The first-order valence-electron chi connectivity index (χ1n) is 6.11. The van der Waals surface area contributed by atoms with Crippen LogP contribution in [0.2, 0.25) is 0 Å². The fraction of sp³-hybridized carbons (Fsp3) is 0.333. The number of hydrogen-bond donors (Lipinski definition) is 1. The van der Waals surface area contributed by atoms with Crippen molar-refractivity contribution in [2.24, 2.45) is 0 Å². The summed E-state index contributed by atoms with van der Waals surface area (Å²) in [7, 11) is 0. The Kier molecular flexibility index (Phi) is 3.62. The first-order chi connectivity index (χ1) is 8.49. The van der Waals surface area contributed by atoms with Gasteiger partial charge in [-0.1, -0.05) is 12.1 Å². The minimum absolute atomic E-state index is 0.200. The lowest BCUT2D eigenvalue weighted by Crippen LogP contribution is -2.05. The monoisotopic (exact) mass is 261 g/mol. The summed E-state index contributed by atoms with van der Waals surface area (Å²) in [6.45, 7) is 8.28. The van der Waals surface area contributed by atoms with Crippen LogP contribution in [0.5, 0.6) is 5.75 Å². The van der Waals surface area contributed by atoms with Crippen LogP contribution in [0.15, 0.2) is 24.3 Å². The van der Waals surface area contributed by atoms with Gasteiger partial charge in [-0.15, -0.1) is 11.3 Å². The second kappa shape index (κ2) is 5.02. The van der Waals surface area contributed by atoms with Gasteiger partial charge < -0.3 is 10.5 Å². The summed E-state index contributed by atoms with van der Waals surface area (Å²) in [6.07, 6.45) is 0.200. The number of ether oxygens (including phenoxy) is 1. The molecule has 18 heavy (non-hydrogen) atoms. The maximum Gasteiger partial charge on any atom is 0.119 e. The first kappa shape index (κ1) is 13.0. The van der Waals surface area contributed by atoms with Crippen LogP contribution in [0.25, 0.3) is 11.1 Å². The van der Waals surface area contributed by atoms with Gasteiger partial charge >= 0.3 is 0 Å². The highest BCUT2D eigenvalue weighted by Gasteiger charge is 2.12. The highest BCUT2D eigenvalue weighted by atomic mass is 32.1. The van der Waals surface area contributed by atoms with Crippen molar-refractivity contribution in [1.82, 2.24) is 0 Å². The molecule has 0 amide bonds. The molecule has 0 spiro atoms. The van der Waals surface area contributed by atoms with Crippen LogP contribution in [-0.2, 0) is 0 Å². The van der Waals surface area contributed by atoms with Gasteiger partial charge in [-0.05, 0) is 51.0 Å². The second-order valence-electron chi connectivity index (χ2n) is 4.71. The summed E-state index contributed by atoms with van der Waals surface area (Å²) in [5, 5.41) is 0.891. The van der Waals surface area contributed by atoms with Crippen molar-refractivity contribution in [1.29, 1.82) is 0 Å². The molecule has 0 bridgehead atoms. The average Bonchev–Trinajstić information content (AvgIpc) is 2.54. The highest BCUT2D eigenvalue weighted by molar-refractivity contribution is 7.16. The van der Waals surface area contributed by atoms with Crippen LogP contribution in [0, 0.1) is 13.8 Å². The van der Waals surface area contributed by atoms with E-state index in [0.29, 0.717) is 0 Å². The number of benzene rings is 1. The molecule has 0 unspecified atom stereocenters. The van der Waals surface area contributed by atoms with E-state index >= 15 is 0 Å². The first-order valence-corrected chi connectivity index (χ1v) is 6.93. The number of hydrogen-bond acceptors (Lipinski definition) is 3. The van der Waals surface area contributed by atoms with Crippen LogP contribution in [0.3, 0.4) is 0 Å². The van der Waals surface area contributed by atoms with Gasteiger partial charge in [0.25, 0.3) is 0 Å². The zero-order chi connectivity index (χ0) is 13.3. The van der Waals surface area contributed by atoms with Crippen LogP contribution in [-0.4, -0.2) is 6.10 Å². The molecule has 1 heterocycles. The summed E-state index contributed by atoms with van der Waals surface area (Å²) in [5.74, 6) is 0.900. The number of rotatable bonds is 3. The largest absolute Gasteiger partial charge is 0.491 e. The molecule has 0 aliphatic carbocycles. The lowest BCUT2D eigenvalue weighted by atomic mass is 10.0. The maximum absolute atomic E-state index is 6.08. The van der Waals surface area contributed by atoms with E-state index in [1.165, 1.54) is 10.4 Å². The van der Waals surface area contributed by atoms with Crippen molar-refractivity contribution >= 4 is 16.3 Å². The van der Waals surface area contributed by atoms with Crippen molar-refractivity contribution < 1.29 is 4.74 Å². The van der Waals surface area contributed by atoms with E-state index in [-0.39, 0.29) is 6.10 Å². The lowest BCUT2D eigenvalue weighted by molar-refractivity contribution is 0.242. The van der Waals surface area contributed by atoms with Crippen molar-refractivity contribution in [3.05, 3.63) is 34.7 Å². The Balaban J connectivity index is 2.34. The molecule has 1 aromatic heterocycles. The molecule has 2 rings (SSSR count). The molecule has 0 saturated carbocycles. The van der Waals surface area contributed by atoms with E-state index < -0.39 is 0 Å². The topological polar surface area (TPSA) is 35.2 Å². The molecule has 3 heteroatoms. The molecule has 0 aliphatic heterocycles. The van der Waals surface area contributed by atoms with Crippen LogP contribution in [0.4, 0.5) is 5.00 Å². The zero-order valence-corrected chi connectivity index (χ0v) is 12.1. The third-order valence-corrected chi connectivity index (χ3v) is 3.96. The third kappa shape index (κ3) is 2.51. The highest BCUT2D eigenvalue weighted by Crippen LogP contribution is 2.38. The molecule has 1 aromatic carbocycles. The van der Waals surface area contributed by atoms with Gasteiger partial charge in [-0.3, -0.25) is 0 Å². The SMILES string of the molecule is Cc1sc(N)c(-c2ccc(OC(C)C)cc2)c1C. The standard InChI is InChI=1S/C15H19NOS/c1-9(2)17-13-7-5-12(6-8-13)14-10(3)11(4)18-15(14)16/h5-9H,16H2,1-4H3. The lowest BCUT2D eigenvalue weighted by Gasteiger charge is -2.10. The summed E-state index contributed by atoms with van der Waals surface area (Å²) in [5.41, 5.74) is 9.67. The summed E-state index contributed by atoms with van der Waals surface area (Å²) in [6, 6.07) is 8.15. The van der Waals surface area contributed by atoms with Crippen LogP contribution >= 0.6 is 11.3 Å². The summed E-state index contributed by atoms with van der Waals surface area (Å²) in [4.78, 5) is 1.28. The van der Waals surface area contributed by atoms with Gasteiger partial charge in [0.1, 0.15) is 5.75 Å². The molecule has 0 aliphatic rings. The average molecular weight is 261 g/mol. The van der Waals surface area contributed by atoms with Crippen molar-refractivity contribution in [2.75, 3.05) is 5.73 Å². The molecule has 0 atom stereocenters. The molecule has 0 saturated heterocycles. The zero-order valence-electron chi connectivity index (χ0n) is 11.3. The predicted octanol–water partition coefficient (Wildman–Crippen LogP) is 4.40. The molecule has 0 fully saturated rings. The third-order valence-electron chi connectivity index (χ3n) is 2.93. The number of thiophene rings is 1. The number of aryl methyl sites for hydroxylation is 1. The van der Waals surface area contributed by atoms with E-state index in [0.717, 1.165) is 21.9 Å². The van der Waals surface area contributed by atoms with Gasteiger partial charge in [0, 0.05) is 10.4 Å². The van der Waals surface area contributed by atoms with E-state index in [9.17, 15) is 0 Å². The summed E-state index contributed by atoms with van der Waals surface area (Å²) < 4.78 is 5.64. The predicted molar refractivity (Wildman–Crippen MR) is 79.4 cm³/mol. The molecule has 0 radical (unpaired) electrons. The van der Waals surface area contributed by atoms with Crippen LogP contribution in [0.1, 0.15) is 24.3 Å².